The van der Waals surface area contributed by atoms with Crippen molar-refractivity contribution in [3.8, 4) is 0 Å². The molecule has 0 amide bonds. The van der Waals surface area contributed by atoms with E-state index in [2.05, 4.69) is 26.0 Å². The Morgan fingerprint density at radius 1 is 1.47 bits per heavy atom. The molecule has 5 nitrogen and oxygen atoms in total. The summed E-state index contributed by atoms with van der Waals surface area (Å²) < 4.78 is 8.41. The lowest BCUT2D eigenvalue weighted by Gasteiger charge is -2.22. The first-order valence-corrected chi connectivity index (χ1v) is 6.45. The van der Waals surface area contributed by atoms with Crippen LogP contribution in [0.25, 0.3) is 10.9 Å². The second kappa shape index (κ2) is 4.27. The third-order valence-corrected chi connectivity index (χ3v) is 3.58. The Balaban J connectivity index is 2.06. The molecule has 2 N–H and O–H groups in total. The molecule has 1 aliphatic rings. The highest BCUT2D eigenvalue weighted by Crippen LogP contribution is 2.29. The van der Waals surface area contributed by atoms with Crippen molar-refractivity contribution in [3.05, 3.63) is 16.9 Å². The van der Waals surface area contributed by atoms with Gasteiger partial charge in [0.05, 0.1) is 9.86 Å². The molecule has 6 heteroatoms. The lowest BCUT2D eigenvalue weighted by Crippen LogP contribution is -2.18. The number of fused-ring (bicyclic) bond motifs is 1. The highest BCUT2D eigenvalue weighted by Gasteiger charge is 2.18. The summed E-state index contributed by atoms with van der Waals surface area (Å²) in [5, 5.41) is 5.39. The molecule has 90 valence electrons. The first-order chi connectivity index (χ1) is 8.25. The van der Waals surface area contributed by atoms with Gasteiger partial charge in [0.2, 0.25) is 0 Å². The quantitative estimate of drug-likeness (QED) is 0.878. The molecule has 1 saturated heterocycles. The highest BCUT2D eigenvalue weighted by atomic mass is 79.9. The standard InChI is InChI=1S/C11H13BrN4O/c12-8-5-14-11(13)7-6-16(15-10(7)8)9-3-1-2-4-17-9/h5-6,9H,1-4H2,(H2,13,14). The predicted molar refractivity (Wildman–Crippen MR) is 68.5 cm³/mol. The van der Waals surface area contributed by atoms with E-state index in [-0.39, 0.29) is 6.23 Å². The number of nitrogen functional groups attached to an aromatic ring is 1. The topological polar surface area (TPSA) is 66.0 Å². The van der Waals surface area contributed by atoms with Gasteiger partial charge < -0.3 is 10.5 Å². The lowest BCUT2D eigenvalue weighted by molar-refractivity contribution is -0.0390. The number of hydrogen-bond donors (Lipinski definition) is 1. The molecule has 0 radical (unpaired) electrons. The van der Waals surface area contributed by atoms with Crippen molar-refractivity contribution in [2.75, 3.05) is 12.3 Å². The maximum atomic E-state index is 5.84. The van der Waals surface area contributed by atoms with E-state index in [1.165, 1.54) is 6.42 Å². The van der Waals surface area contributed by atoms with Gasteiger partial charge in [-0.3, -0.25) is 0 Å². The molecule has 1 fully saturated rings. The van der Waals surface area contributed by atoms with Gasteiger partial charge in [-0.25, -0.2) is 9.67 Å². The van der Waals surface area contributed by atoms with Crippen LogP contribution in [0.2, 0.25) is 0 Å². The summed E-state index contributed by atoms with van der Waals surface area (Å²) in [6, 6.07) is 0. The minimum Gasteiger partial charge on any atom is -0.383 e. The maximum absolute atomic E-state index is 5.84. The SMILES string of the molecule is Nc1ncc(Br)c2nn(C3CCCCO3)cc12. The predicted octanol–water partition coefficient (Wildman–Crippen LogP) is 2.48. The summed E-state index contributed by atoms with van der Waals surface area (Å²) in [6.45, 7) is 0.801. The maximum Gasteiger partial charge on any atom is 0.150 e. The van der Waals surface area contributed by atoms with Crippen molar-refractivity contribution in [1.29, 1.82) is 0 Å². The van der Waals surface area contributed by atoms with Crippen LogP contribution in [-0.4, -0.2) is 21.4 Å². The molecular formula is C11H13BrN4O. The second-order valence-electron chi connectivity index (χ2n) is 4.18. The first-order valence-electron chi connectivity index (χ1n) is 5.66. The van der Waals surface area contributed by atoms with Crippen LogP contribution >= 0.6 is 15.9 Å². The Morgan fingerprint density at radius 3 is 3.06 bits per heavy atom. The zero-order valence-electron chi connectivity index (χ0n) is 9.27. The molecule has 2 aromatic heterocycles. The van der Waals surface area contributed by atoms with E-state index in [1.807, 2.05) is 10.9 Å². The van der Waals surface area contributed by atoms with Crippen molar-refractivity contribution in [2.24, 2.45) is 0 Å². The highest BCUT2D eigenvalue weighted by molar-refractivity contribution is 9.10. The van der Waals surface area contributed by atoms with Crippen LogP contribution in [-0.2, 0) is 4.74 Å². The van der Waals surface area contributed by atoms with Gasteiger partial charge >= 0.3 is 0 Å². The minimum atomic E-state index is 0.0300. The van der Waals surface area contributed by atoms with Crippen molar-refractivity contribution >= 4 is 32.7 Å². The van der Waals surface area contributed by atoms with Crippen molar-refractivity contribution in [3.63, 3.8) is 0 Å². The Hall–Kier alpha value is -1.14. The Bertz CT molecular complexity index is 509. The molecule has 0 saturated carbocycles. The minimum absolute atomic E-state index is 0.0300. The van der Waals surface area contributed by atoms with Crippen LogP contribution in [0.3, 0.4) is 0 Å². The van der Waals surface area contributed by atoms with Gasteiger partial charge in [0.1, 0.15) is 17.6 Å². The second-order valence-corrected chi connectivity index (χ2v) is 5.04. The van der Waals surface area contributed by atoms with Crippen LogP contribution in [0.15, 0.2) is 16.9 Å². The number of pyridine rings is 1. The van der Waals surface area contributed by atoms with Crippen molar-refractivity contribution < 1.29 is 4.74 Å². The van der Waals surface area contributed by atoms with E-state index in [4.69, 9.17) is 10.5 Å². The van der Waals surface area contributed by atoms with Crippen LogP contribution in [0.1, 0.15) is 25.5 Å². The first kappa shape index (κ1) is 11.0. The summed E-state index contributed by atoms with van der Waals surface area (Å²) in [5.74, 6) is 0.505. The van der Waals surface area contributed by atoms with E-state index < -0.39 is 0 Å². The fourth-order valence-electron chi connectivity index (χ4n) is 2.09. The summed E-state index contributed by atoms with van der Waals surface area (Å²) in [6.07, 6.45) is 6.93. The van der Waals surface area contributed by atoms with E-state index in [9.17, 15) is 0 Å². The third-order valence-electron chi connectivity index (χ3n) is 3.00. The Morgan fingerprint density at radius 2 is 2.35 bits per heavy atom. The van der Waals surface area contributed by atoms with Crippen molar-refractivity contribution in [1.82, 2.24) is 14.8 Å². The van der Waals surface area contributed by atoms with Crippen LogP contribution in [0, 0.1) is 0 Å². The molecule has 0 bridgehead atoms. The van der Waals surface area contributed by atoms with Gasteiger partial charge in [-0.05, 0) is 35.2 Å². The van der Waals surface area contributed by atoms with E-state index in [1.54, 1.807) is 6.20 Å². The number of rotatable bonds is 1. The largest absolute Gasteiger partial charge is 0.383 e. The summed E-state index contributed by atoms with van der Waals surface area (Å²) in [5.41, 5.74) is 6.68. The molecule has 0 aliphatic carbocycles. The van der Waals surface area contributed by atoms with Gasteiger partial charge in [-0.1, -0.05) is 0 Å². The zero-order valence-corrected chi connectivity index (χ0v) is 10.9. The molecule has 1 aliphatic heterocycles. The van der Waals surface area contributed by atoms with E-state index in [0.29, 0.717) is 5.82 Å². The average molecular weight is 297 g/mol. The van der Waals surface area contributed by atoms with Crippen LogP contribution in [0.5, 0.6) is 0 Å². The fraction of sp³-hybridized carbons (Fsp3) is 0.455. The number of aromatic nitrogens is 3. The van der Waals surface area contributed by atoms with Crippen LogP contribution < -0.4 is 5.73 Å². The zero-order chi connectivity index (χ0) is 11.8. The third kappa shape index (κ3) is 1.91. The van der Waals surface area contributed by atoms with Gasteiger partial charge in [-0.2, -0.15) is 5.10 Å². The van der Waals surface area contributed by atoms with Gasteiger partial charge in [0, 0.05) is 19.0 Å². The molecule has 0 spiro atoms. The van der Waals surface area contributed by atoms with Crippen molar-refractivity contribution in [2.45, 2.75) is 25.5 Å². The lowest BCUT2D eigenvalue weighted by atomic mass is 10.2. The smallest absolute Gasteiger partial charge is 0.150 e. The number of halogens is 1. The number of anilines is 1. The summed E-state index contributed by atoms with van der Waals surface area (Å²) >= 11 is 3.43. The average Bonchev–Trinajstić information content (AvgIpc) is 2.81. The van der Waals surface area contributed by atoms with Gasteiger partial charge in [0.25, 0.3) is 0 Å². The number of nitrogens with two attached hydrogens (primary N) is 1. The molecule has 1 unspecified atom stereocenters. The molecule has 3 rings (SSSR count). The Kier molecular flexibility index (Phi) is 2.76. The van der Waals surface area contributed by atoms with Gasteiger partial charge in [-0.15, -0.1) is 0 Å². The molecule has 3 heterocycles. The molecule has 2 aromatic rings. The van der Waals surface area contributed by atoms with E-state index in [0.717, 1.165) is 34.8 Å². The number of nitrogens with zero attached hydrogens (tertiary/aromatic N) is 3. The summed E-state index contributed by atoms with van der Waals surface area (Å²) in [7, 11) is 0. The monoisotopic (exact) mass is 296 g/mol. The Labute approximate surface area is 107 Å². The molecular weight excluding hydrogens is 284 g/mol. The van der Waals surface area contributed by atoms with E-state index >= 15 is 0 Å². The summed E-state index contributed by atoms with van der Waals surface area (Å²) in [4.78, 5) is 4.10. The molecule has 17 heavy (non-hydrogen) atoms. The van der Waals surface area contributed by atoms with Crippen LogP contribution in [0.4, 0.5) is 5.82 Å². The van der Waals surface area contributed by atoms with Gasteiger partial charge in [0.15, 0.2) is 0 Å². The molecule has 0 aromatic carbocycles. The molecule has 1 atom stereocenters. The fourth-order valence-corrected chi connectivity index (χ4v) is 2.49. The normalized spacial score (nSPS) is 20.9. The number of hydrogen-bond acceptors (Lipinski definition) is 4. The number of ether oxygens (including phenoxy) is 1.